The van der Waals surface area contributed by atoms with Crippen LogP contribution in [0.5, 0.6) is 0 Å². The normalized spacial score (nSPS) is 23.4. The lowest BCUT2D eigenvalue weighted by Crippen LogP contribution is -2.49. The van der Waals surface area contributed by atoms with E-state index in [1.54, 1.807) is 0 Å². The van der Waals surface area contributed by atoms with Gasteiger partial charge in [0.05, 0.1) is 29.9 Å². The van der Waals surface area contributed by atoms with Gasteiger partial charge in [0.2, 0.25) is 0 Å². The minimum absolute atomic E-state index is 0.0181. The summed E-state index contributed by atoms with van der Waals surface area (Å²) < 4.78 is 5.97. The van der Waals surface area contributed by atoms with Crippen LogP contribution in [0.1, 0.15) is 18.4 Å². The Bertz CT molecular complexity index is 1010. The lowest BCUT2D eigenvalue weighted by atomic mass is 9.89. The number of fused-ring (bicyclic) bond motifs is 3. The molecule has 4 nitrogen and oxygen atoms in total. The van der Waals surface area contributed by atoms with Gasteiger partial charge >= 0.3 is 0 Å². The zero-order chi connectivity index (χ0) is 18.4. The molecule has 0 radical (unpaired) electrons. The number of hydrogen-bond donors (Lipinski definition) is 1. The summed E-state index contributed by atoms with van der Waals surface area (Å²) in [4.78, 5) is 7.30. The molecule has 0 unspecified atom stereocenters. The van der Waals surface area contributed by atoms with Crippen molar-refractivity contribution in [1.82, 2.24) is 0 Å². The average molecular weight is 357 g/mol. The van der Waals surface area contributed by atoms with Crippen molar-refractivity contribution >= 4 is 28.0 Å². The van der Waals surface area contributed by atoms with Gasteiger partial charge in [0.15, 0.2) is 5.90 Å². The number of rotatable bonds is 2. The molecule has 0 saturated carbocycles. The van der Waals surface area contributed by atoms with Crippen molar-refractivity contribution in [3.05, 3.63) is 72.3 Å². The topological polar surface area (TPSA) is 36.9 Å². The number of likely N-dealkylation sites (N-methyl/N-ethyl adjacent to an activating group) is 1. The molecule has 0 aliphatic carbocycles. The van der Waals surface area contributed by atoms with Crippen molar-refractivity contribution < 1.29 is 4.74 Å². The Morgan fingerprint density at radius 3 is 2.44 bits per heavy atom. The summed E-state index contributed by atoms with van der Waals surface area (Å²) in [5, 5.41) is 6.15. The fourth-order valence-electron chi connectivity index (χ4n) is 4.41. The largest absolute Gasteiger partial charge is 0.481 e. The summed E-state index contributed by atoms with van der Waals surface area (Å²) in [5.41, 5.74) is 3.59. The standard InChI is InChI=1S/C23H23N3O/c1-3-27-23-20(15-9-5-4-6-10-15)21-22(25-23)24-18-13-16-11-7-8-12-17(16)14-19(18)26(21)2/h4-14,20-22,24H,3H2,1-2H3/t20-,21-,22+/m1/s1. The third-order valence-electron chi connectivity index (χ3n) is 5.64. The maximum absolute atomic E-state index is 5.97. The highest BCUT2D eigenvalue weighted by Gasteiger charge is 2.46. The number of anilines is 2. The second-order valence-corrected chi connectivity index (χ2v) is 7.20. The molecule has 0 amide bonds. The Kier molecular flexibility index (Phi) is 3.78. The fraction of sp³-hybridized carbons (Fsp3) is 0.261. The summed E-state index contributed by atoms with van der Waals surface area (Å²) in [6.45, 7) is 2.65. The maximum Gasteiger partial charge on any atom is 0.195 e. The Hall–Kier alpha value is -3.01. The van der Waals surface area contributed by atoms with E-state index in [1.165, 1.54) is 22.0 Å². The number of nitrogens with one attached hydrogen (secondary N) is 1. The second kappa shape index (κ2) is 6.31. The Balaban J connectivity index is 1.61. The summed E-state index contributed by atoms with van der Waals surface area (Å²) in [6.07, 6.45) is -0.0181. The molecule has 0 fully saturated rings. The lowest BCUT2D eigenvalue weighted by molar-refractivity contribution is 0.313. The molecule has 0 saturated heterocycles. The summed E-state index contributed by atoms with van der Waals surface area (Å²) in [5.74, 6) is 0.948. The summed E-state index contributed by atoms with van der Waals surface area (Å²) in [7, 11) is 2.17. The first kappa shape index (κ1) is 16.2. The minimum Gasteiger partial charge on any atom is -0.481 e. The van der Waals surface area contributed by atoms with Crippen molar-refractivity contribution in [2.45, 2.75) is 25.0 Å². The fourth-order valence-corrected chi connectivity index (χ4v) is 4.41. The molecule has 0 aromatic heterocycles. The zero-order valence-corrected chi connectivity index (χ0v) is 15.6. The number of ether oxygens (including phenoxy) is 1. The quantitative estimate of drug-likeness (QED) is 0.727. The van der Waals surface area contributed by atoms with E-state index < -0.39 is 0 Å². The van der Waals surface area contributed by atoms with Crippen molar-refractivity contribution in [1.29, 1.82) is 0 Å². The van der Waals surface area contributed by atoms with Gasteiger partial charge in [-0.25, -0.2) is 4.99 Å². The highest BCUT2D eigenvalue weighted by Crippen LogP contribution is 2.44. The first-order valence-electron chi connectivity index (χ1n) is 9.54. The molecule has 0 spiro atoms. The first-order chi connectivity index (χ1) is 13.3. The Morgan fingerprint density at radius 2 is 1.70 bits per heavy atom. The second-order valence-electron chi connectivity index (χ2n) is 7.20. The molecule has 136 valence electrons. The van der Waals surface area contributed by atoms with E-state index in [4.69, 9.17) is 9.73 Å². The van der Waals surface area contributed by atoms with E-state index in [-0.39, 0.29) is 18.1 Å². The van der Waals surface area contributed by atoms with Gasteiger partial charge in [-0.1, -0.05) is 54.6 Å². The van der Waals surface area contributed by atoms with E-state index in [9.17, 15) is 0 Å². The molecule has 4 heteroatoms. The minimum atomic E-state index is -0.0181. The number of nitrogens with zero attached hydrogens (tertiary/aromatic N) is 2. The summed E-state index contributed by atoms with van der Waals surface area (Å²) in [6, 6.07) is 23.7. The van der Waals surface area contributed by atoms with Crippen molar-refractivity contribution in [3.63, 3.8) is 0 Å². The van der Waals surface area contributed by atoms with E-state index >= 15 is 0 Å². The van der Waals surface area contributed by atoms with Crippen LogP contribution in [-0.2, 0) is 4.74 Å². The van der Waals surface area contributed by atoms with Crippen molar-refractivity contribution in [3.8, 4) is 0 Å². The van der Waals surface area contributed by atoms with Crippen LogP contribution < -0.4 is 10.2 Å². The van der Waals surface area contributed by atoms with Crippen LogP contribution in [0.4, 0.5) is 11.4 Å². The number of aliphatic imine (C=N–C) groups is 1. The SMILES string of the molecule is CCOC1=N[C@@H]2Nc3cc4ccccc4cc3N(C)[C@@H]2[C@H]1c1ccccc1. The van der Waals surface area contributed by atoms with Gasteiger partial charge in [-0.2, -0.15) is 0 Å². The van der Waals surface area contributed by atoms with Gasteiger partial charge in [0, 0.05) is 7.05 Å². The maximum atomic E-state index is 5.97. The molecule has 2 aliphatic heterocycles. The van der Waals surface area contributed by atoms with Crippen molar-refractivity contribution in [2.75, 3.05) is 23.9 Å². The molecular formula is C23H23N3O. The smallest absolute Gasteiger partial charge is 0.195 e. The van der Waals surface area contributed by atoms with Crippen LogP contribution in [0.15, 0.2) is 71.7 Å². The van der Waals surface area contributed by atoms with Gasteiger partial charge in [-0.15, -0.1) is 0 Å². The molecule has 1 N–H and O–H groups in total. The van der Waals surface area contributed by atoms with Crippen molar-refractivity contribution in [2.24, 2.45) is 4.99 Å². The number of benzene rings is 3. The van der Waals surface area contributed by atoms with E-state index in [0.29, 0.717) is 6.61 Å². The predicted octanol–water partition coefficient (Wildman–Crippen LogP) is 4.63. The molecule has 27 heavy (non-hydrogen) atoms. The molecule has 2 heterocycles. The highest BCUT2D eigenvalue weighted by molar-refractivity contribution is 5.95. The van der Waals surface area contributed by atoms with Crippen LogP contribution in [0.25, 0.3) is 10.8 Å². The predicted molar refractivity (Wildman–Crippen MR) is 112 cm³/mol. The van der Waals surface area contributed by atoms with Crippen LogP contribution in [0, 0.1) is 0 Å². The Morgan fingerprint density at radius 1 is 1.00 bits per heavy atom. The molecule has 3 aromatic rings. The van der Waals surface area contributed by atoms with Gasteiger partial charge in [-0.05, 0) is 35.4 Å². The van der Waals surface area contributed by atoms with Gasteiger partial charge in [0.1, 0.15) is 6.17 Å². The summed E-state index contributed by atoms with van der Waals surface area (Å²) >= 11 is 0. The molecule has 3 atom stereocenters. The molecule has 0 bridgehead atoms. The lowest BCUT2D eigenvalue weighted by Gasteiger charge is -2.40. The van der Waals surface area contributed by atoms with Crippen LogP contribution in [0.2, 0.25) is 0 Å². The van der Waals surface area contributed by atoms with Crippen LogP contribution in [-0.4, -0.2) is 31.8 Å². The third kappa shape index (κ3) is 2.55. The van der Waals surface area contributed by atoms with Gasteiger partial charge < -0.3 is 15.0 Å². The Labute approximate surface area is 159 Å². The molecular weight excluding hydrogens is 334 g/mol. The first-order valence-corrected chi connectivity index (χ1v) is 9.54. The molecule has 3 aromatic carbocycles. The monoisotopic (exact) mass is 357 g/mol. The van der Waals surface area contributed by atoms with E-state index in [2.05, 4.69) is 84.0 Å². The van der Waals surface area contributed by atoms with Crippen LogP contribution >= 0.6 is 0 Å². The average Bonchev–Trinajstić information content (AvgIpc) is 3.06. The van der Waals surface area contributed by atoms with Gasteiger partial charge in [0.25, 0.3) is 0 Å². The van der Waals surface area contributed by atoms with Crippen LogP contribution in [0.3, 0.4) is 0 Å². The van der Waals surface area contributed by atoms with E-state index in [1.807, 2.05) is 6.92 Å². The molecule has 2 aliphatic rings. The third-order valence-corrected chi connectivity index (χ3v) is 5.64. The van der Waals surface area contributed by atoms with Gasteiger partial charge in [-0.3, -0.25) is 0 Å². The number of hydrogen-bond acceptors (Lipinski definition) is 4. The highest BCUT2D eigenvalue weighted by atomic mass is 16.5. The zero-order valence-electron chi connectivity index (χ0n) is 15.6. The van der Waals surface area contributed by atoms with E-state index in [0.717, 1.165) is 11.6 Å². The molecule has 5 rings (SSSR count).